The van der Waals surface area contributed by atoms with Crippen LogP contribution in [-0.2, 0) is 17.4 Å². The van der Waals surface area contributed by atoms with Gasteiger partial charge in [-0.3, -0.25) is 0 Å². The molecule has 0 saturated heterocycles. The Labute approximate surface area is 179 Å². The summed E-state index contributed by atoms with van der Waals surface area (Å²) in [6.45, 7) is 13.8. The van der Waals surface area contributed by atoms with Crippen LogP contribution in [0.25, 0.3) is 0 Å². The second-order valence-electron chi connectivity index (χ2n) is 9.33. The minimum Gasteiger partial charge on any atom is -0.455 e. The van der Waals surface area contributed by atoms with Gasteiger partial charge in [-0.1, -0.05) is 78.1 Å². The van der Waals surface area contributed by atoms with Crippen molar-refractivity contribution in [1.29, 1.82) is 0 Å². The van der Waals surface area contributed by atoms with E-state index in [0.29, 0.717) is 0 Å². The normalized spacial score (nSPS) is 14.5. The van der Waals surface area contributed by atoms with Gasteiger partial charge < -0.3 is 17.4 Å². The number of unbranched alkanes of at least 4 members (excludes halogenated alkanes) is 9. The molecule has 0 spiro atoms. The van der Waals surface area contributed by atoms with Crippen LogP contribution in [0.3, 0.4) is 0 Å². The second kappa shape index (κ2) is 14.5. The Hall–Kier alpha value is 0.491. The first-order valence-electron chi connectivity index (χ1n) is 11.5. The van der Waals surface area contributed by atoms with Crippen molar-refractivity contribution < 1.29 is 17.4 Å². The molecule has 0 heterocycles. The maximum Gasteiger partial charge on any atom is 0.502 e. The quantitative estimate of drug-likeness (QED) is 0.164. The van der Waals surface area contributed by atoms with E-state index in [9.17, 15) is 0 Å². The topological polar surface area (TPSA) is 36.9 Å². The summed E-state index contributed by atoms with van der Waals surface area (Å²) >= 11 is 0. The summed E-state index contributed by atoms with van der Waals surface area (Å²) in [6, 6.07) is 1.24. The molecule has 1 atom stereocenters. The highest BCUT2D eigenvalue weighted by Crippen LogP contribution is 2.36. The SMILES string of the molecule is CCCCCCCCCCCC[Si](C)(C)O[Si](C)(C)C(C)[Si](OC)(OC)OC. The fourth-order valence-electron chi connectivity index (χ4n) is 4.10. The average molecular weight is 451 g/mol. The van der Waals surface area contributed by atoms with Gasteiger partial charge in [0.1, 0.15) is 0 Å². The van der Waals surface area contributed by atoms with Crippen LogP contribution in [-0.4, -0.2) is 46.8 Å². The molecule has 0 aliphatic carbocycles. The molecule has 0 aromatic rings. The van der Waals surface area contributed by atoms with Crippen LogP contribution in [0.2, 0.25) is 37.4 Å². The van der Waals surface area contributed by atoms with E-state index in [1.54, 1.807) is 21.3 Å². The van der Waals surface area contributed by atoms with E-state index in [1.807, 2.05) is 0 Å². The van der Waals surface area contributed by atoms with E-state index in [-0.39, 0.29) is 5.16 Å². The zero-order valence-corrected chi connectivity index (χ0v) is 23.5. The Bertz CT molecular complexity index is 380. The van der Waals surface area contributed by atoms with E-state index in [0.717, 1.165) is 0 Å². The van der Waals surface area contributed by atoms with Crippen molar-refractivity contribution in [1.82, 2.24) is 0 Å². The van der Waals surface area contributed by atoms with E-state index in [4.69, 9.17) is 17.4 Å². The number of hydrogen-bond acceptors (Lipinski definition) is 4. The lowest BCUT2D eigenvalue weighted by molar-refractivity contribution is 0.119. The summed E-state index contributed by atoms with van der Waals surface area (Å²) < 4.78 is 24.0. The van der Waals surface area contributed by atoms with Gasteiger partial charge in [0.05, 0.1) is 0 Å². The molecule has 0 bridgehead atoms. The van der Waals surface area contributed by atoms with Gasteiger partial charge in [0.2, 0.25) is 0 Å². The summed E-state index contributed by atoms with van der Waals surface area (Å²) in [4.78, 5) is 0. The van der Waals surface area contributed by atoms with Gasteiger partial charge in [-0.25, -0.2) is 0 Å². The molecule has 0 rings (SSSR count). The lowest BCUT2D eigenvalue weighted by atomic mass is 10.1. The van der Waals surface area contributed by atoms with Crippen LogP contribution >= 0.6 is 0 Å². The van der Waals surface area contributed by atoms with Gasteiger partial charge in [0.15, 0.2) is 16.6 Å². The summed E-state index contributed by atoms with van der Waals surface area (Å²) in [5.74, 6) is 0. The average Bonchev–Trinajstić information content (AvgIpc) is 2.64. The highest BCUT2D eigenvalue weighted by atomic mass is 28.5. The predicted octanol–water partition coefficient (Wildman–Crippen LogP) is 7.14. The molecule has 0 N–H and O–H groups in total. The van der Waals surface area contributed by atoms with Crippen LogP contribution in [0.5, 0.6) is 0 Å². The van der Waals surface area contributed by atoms with Crippen molar-refractivity contribution in [2.24, 2.45) is 0 Å². The van der Waals surface area contributed by atoms with Gasteiger partial charge in [-0.05, 0) is 32.2 Å². The van der Waals surface area contributed by atoms with E-state index < -0.39 is 25.4 Å². The Morgan fingerprint density at radius 1 is 0.643 bits per heavy atom. The fraction of sp³-hybridized carbons (Fsp3) is 1.00. The summed E-state index contributed by atoms with van der Waals surface area (Å²) in [5.41, 5.74) is 0. The first-order valence-corrected chi connectivity index (χ1v) is 19.4. The van der Waals surface area contributed by atoms with Crippen molar-refractivity contribution in [2.75, 3.05) is 21.3 Å². The molecule has 28 heavy (non-hydrogen) atoms. The van der Waals surface area contributed by atoms with Gasteiger partial charge in [0, 0.05) is 26.5 Å². The molecule has 0 aromatic heterocycles. The third-order valence-electron chi connectivity index (χ3n) is 6.10. The number of rotatable bonds is 18. The molecular formula is C21H50O4Si3. The monoisotopic (exact) mass is 450 g/mol. The summed E-state index contributed by atoms with van der Waals surface area (Å²) in [5, 5.41) is 0.208. The first-order chi connectivity index (χ1) is 13.1. The molecule has 4 nitrogen and oxygen atoms in total. The fourth-order valence-corrected chi connectivity index (χ4v) is 18.6. The van der Waals surface area contributed by atoms with Gasteiger partial charge in [-0.15, -0.1) is 0 Å². The Balaban J connectivity index is 4.26. The predicted molar refractivity (Wildman–Crippen MR) is 129 cm³/mol. The van der Waals surface area contributed by atoms with Crippen molar-refractivity contribution in [3.05, 3.63) is 0 Å². The smallest absolute Gasteiger partial charge is 0.455 e. The van der Waals surface area contributed by atoms with Crippen LogP contribution in [0.15, 0.2) is 0 Å². The van der Waals surface area contributed by atoms with Crippen LogP contribution in [0.4, 0.5) is 0 Å². The Kier molecular flexibility index (Phi) is 14.7. The zero-order chi connectivity index (χ0) is 21.7. The van der Waals surface area contributed by atoms with Crippen LogP contribution < -0.4 is 0 Å². The molecule has 0 aliphatic rings. The first kappa shape index (κ1) is 28.5. The highest BCUT2D eigenvalue weighted by molar-refractivity contribution is 6.93. The molecular weight excluding hydrogens is 400 g/mol. The summed E-state index contributed by atoms with van der Waals surface area (Å²) in [6.07, 6.45) is 13.8. The van der Waals surface area contributed by atoms with E-state index in [1.165, 1.54) is 70.3 Å². The lowest BCUT2D eigenvalue weighted by Crippen LogP contribution is -2.59. The van der Waals surface area contributed by atoms with Gasteiger partial charge >= 0.3 is 8.80 Å². The molecule has 170 valence electrons. The lowest BCUT2D eigenvalue weighted by Gasteiger charge is -2.42. The van der Waals surface area contributed by atoms with E-state index in [2.05, 4.69) is 40.0 Å². The van der Waals surface area contributed by atoms with Crippen LogP contribution in [0, 0.1) is 0 Å². The third kappa shape index (κ3) is 10.5. The van der Waals surface area contributed by atoms with Crippen molar-refractivity contribution >= 4 is 25.4 Å². The molecule has 0 aliphatic heterocycles. The minimum atomic E-state index is -2.66. The number of hydrogen-bond donors (Lipinski definition) is 0. The Morgan fingerprint density at radius 3 is 1.43 bits per heavy atom. The second-order valence-corrected chi connectivity index (χ2v) is 22.1. The van der Waals surface area contributed by atoms with Crippen molar-refractivity contribution in [3.63, 3.8) is 0 Å². The van der Waals surface area contributed by atoms with Crippen LogP contribution in [0.1, 0.15) is 78.1 Å². The molecule has 0 aromatic carbocycles. The maximum absolute atomic E-state index is 6.85. The third-order valence-corrected chi connectivity index (χ3v) is 20.0. The maximum atomic E-state index is 6.85. The minimum absolute atomic E-state index is 0.208. The largest absolute Gasteiger partial charge is 0.502 e. The molecule has 7 heteroatoms. The molecule has 0 saturated carbocycles. The Morgan fingerprint density at radius 2 is 1.04 bits per heavy atom. The molecule has 0 fully saturated rings. The summed E-state index contributed by atoms with van der Waals surface area (Å²) in [7, 11) is -1.24. The van der Waals surface area contributed by atoms with E-state index >= 15 is 0 Å². The molecule has 0 amide bonds. The molecule has 0 radical (unpaired) electrons. The highest BCUT2D eigenvalue weighted by Gasteiger charge is 2.54. The van der Waals surface area contributed by atoms with Gasteiger partial charge in [0.25, 0.3) is 0 Å². The van der Waals surface area contributed by atoms with Crippen molar-refractivity contribution in [3.8, 4) is 0 Å². The zero-order valence-electron chi connectivity index (χ0n) is 20.5. The van der Waals surface area contributed by atoms with Crippen molar-refractivity contribution in [2.45, 2.75) is 115 Å². The molecule has 1 unspecified atom stereocenters. The van der Waals surface area contributed by atoms with Gasteiger partial charge in [-0.2, -0.15) is 0 Å². The standard InChI is InChI=1S/C21H50O4Si3/c1-10-11-12-13-14-15-16-17-18-19-20-26(6,7)25-27(8,9)21(2)28(22-3,23-4)24-5/h21H,10-20H2,1-9H3.